The van der Waals surface area contributed by atoms with Gasteiger partial charge in [0.1, 0.15) is 12.2 Å². The molecule has 0 saturated heterocycles. The molecule has 0 spiro atoms. The minimum absolute atomic E-state index is 0.502. The van der Waals surface area contributed by atoms with Gasteiger partial charge in [0.25, 0.3) is 0 Å². The van der Waals surface area contributed by atoms with Gasteiger partial charge >= 0.3 is 0 Å². The molecule has 44 valence electrons. The van der Waals surface area contributed by atoms with Gasteiger partial charge in [-0.2, -0.15) is 5.11 Å². The zero-order valence-corrected chi connectivity index (χ0v) is 4.92. The summed E-state index contributed by atoms with van der Waals surface area (Å²) in [7, 11) is 1.56. The van der Waals surface area contributed by atoms with Crippen LogP contribution in [-0.4, -0.2) is 19.2 Å². The van der Waals surface area contributed by atoms with E-state index in [9.17, 15) is 0 Å². The lowest BCUT2D eigenvalue weighted by atomic mass is 10.7. The molecular formula is C4H8N4. The van der Waals surface area contributed by atoms with E-state index in [0.29, 0.717) is 5.84 Å². The van der Waals surface area contributed by atoms with Gasteiger partial charge in [0, 0.05) is 7.05 Å². The summed E-state index contributed by atoms with van der Waals surface area (Å²) in [5, 5.41) is 13.5. The van der Waals surface area contributed by atoms with Gasteiger partial charge in [0.2, 0.25) is 0 Å². The predicted molar refractivity (Wildman–Crippen MR) is 32.7 cm³/mol. The highest BCUT2D eigenvalue weighted by Gasteiger charge is 1.76. The maximum atomic E-state index is 6.50. The van der Waals surface area contributed by atoms with Crippen LogP contribution in [0.2, 0.25) is 0 Å². The van der Waals surface area contributed by atoms with Crippen LogP contribution in [0, 0.1) is 5.41 Å². The summed E-state index contributed by atoms with van der Waals surface area (Å²) in [4.78, 5) is 3.51. The summed E-state index contributed by atoms with van der Waals surface area (Å²) >= 11 is 0. The van der Waals surface area contributed by atoms with Crippen LogP contribution in [0.25, 0.3) is 0 Å². The Hall–Kier alpha value is -1.06. The lowest BCUT2D eigenvalue weighted by Crippen LogP contribution is -1.81. The first kappa shape index (κ1) is 6.94. The molecule has 0 aromatic rings. The topological polar surface area (TPSA) is 60.9 Å². The molecule has 0 aliphatic heterocycles. The molecule has 0 saturated carbocycles. The minimum Gasteiger partial charge on any atom is -0.289 e. The molecule has 0 fully saturated rings. The van der Waals surface area contributed by atoms with Gasteiger partial charge in [-0.1, -0.05) is 0 Å². The van der Waals surface area contributed by atoms with Gasteiger partial charge in [-0.25, -0.2) is 4.99 Å². The third-order valence-corrected chi connectivity index (χ3v) is 0.496. The van der Waals surface area contributed by atoms with E-state index < -0.39 is 0 Å². The number of nitrogens with zero attached hydrogens (tertiary/aromatic N) is 3. The maximum Gasteiger partial charge on any atom is 0.149 e. The van der Waals surface area contributed by atoms with Crippen molar-refractivity contribution in [3.8, 4) is 0 Å². The fourth-order valence-corrected chi connectivity index (χ4v) is 0.264. The van der Waals surface area contributed by atoms with Crippen LogP contribution in [0.15, 0.2) is 15.2 Å². The van der Waals surface area contributed by atoms with E-state index >= 15 is 0 Å². The van der Waals surface area contributed by atoms with Crippen molar-refractivity contribution in [3.05, 3.63) is 0 Å². The monoisotopic (exact) mass is 112 g/mol. The van der Waals surface area contributed by atoms with Crippen molar-refractivity contribution in [2.24, 2.45) is 15.2 Å². The van der Waals surface area contributed by atoms with Gasteiger partial charge < -0.3 is 0 Å². The minimum atomic E-state index is 0.502. The van der Waals surface area contributed by atoms with Crippen molar-refractivity contribution in [1.29, 1.82) is 5.41 Å². The smallest absolute Gasteiger partial charge is 0.149 e. The lowest BCUT2D eigenvalue weighted by Gasteiger charge is -1.79. The summed E-state index contributed by atoms with van der Waals surface area (Å²) < 4.78 is 0. The van der Waals surface area contributed by atoms with Crippen LogP contribution in [0.5, 0.6) is 0 Å². The van der Waals surface area contributed by atoms with E-state index in [-0.39, 0.29) is 0 Å². The molecule has 1 N–H and O–H groups in total. The molecule has 0 atom stereocenters. The molecule has 0 aliphatic carbocycles. The SMILES string of the molecule is CN=NC(C)=NC=N. The van der Waals surface area contributed by atoms with Crippen molar-refractivity contribution < 1.29 is 0 Å². The molecule has 0 radical (unpaired) electrons. The first-order chi connectivity index (χ1) is 3.81. The third-order valence-electron chi connectivity index (χ3n) is 0.496. The molecule has 0 aromatic carbocycles. The fraction of sp³-hybridized carbons (Fsp3) is 0.500. The van der Waals surface area contributed by atoms with Crippen LogP contribution in [0.4, 0.5) is 0 Å². The first-order valence-corrected chi connectivity index (χ1v) is 2.14. The van der Waals surface area contributed by atoms with Crippen LogP contribution < -0.4 is 0 Å². The standard InChI is InChI=1S/C4H8N4/c1-4(7-3-5)8-6-2/h3,5H,1-2H3. The zero-order valence-electron chi connectivity index (χ0n) is 4.92. The van der Waals surface area contributed by atoms with Gasteiger partial charge in [-0.15, -0.1) is 5.11 Å². The Bertz CT molecular complexity index is 124. The average molecular weight is 112 g/mol. The molecule has 0 heterocycles. The quantitative estimate of drug-likeness (QED) is 0.300. The van der Waals surface area contributed by atoms with E-state index in [1.54, 1.807) is 14.0 Å². The second kappa shape index (κ2) is 4.11. The van der Waals surface area contributed by atoms with Gasteiger partial charge in [-0.05, 0) is 6.92 Å². The molecule has 0 unspecified atom stereocenters. The summed E-state index contributed by atoms with van der Waals surface area (Å²) in [6.45, 7) is 1.68. The van der Waals surface area contributed by atoms with Crippen LogP contribution in [-0.2, 0) is 0 Å². The lowest BCUT2D eigenvalue weighted by molar-refractivity contribution is 1.19. The molecule has 0 bridgehead atoms. The summed E-state index contributed by atoms with van der Waals surface area (Å²) in [6.07, 6.45) is 0.935. The maximum absolute atomic E-state index is 6.50. The molecule has 0 amide bonds. The highest BCUT2D eigenvalue weighted by molar-refractivity contribution is 5.86. The van der Waals surface area contributed by atoms with Gasteiger partial charge in [-0.3, -0.25) is 5.41 Å². The second-order valence-electron chi connectivity index (χ2n) is 1.11. The van der Waals surface area contributed by atoms with Crippen LogP contribution >= 0.6 is 0 Å². The first-order valence-electron chi connectivity index (χ1n) is 2.14. The normalized spacial score (nSPS) is 12.5. The van der Waals surface area contributed by atoms with E-state index in [1.807, 2.05) is 0 Å². The zero-order chi connectivity index (χ0) is 6.41. The van der Waals surface area contributed by atoms with Crippen molar-refractivity contribution in [2.45, 2.75) is 6.92 Å². The Kier molecular flexibility index (Phi) is 3.56. The Balaban J connectivity index is 3.79. The van der Waals surface area contributed by atoms with Crippen LogP contribution in [0.3, 0.4) is 0 Å². The fourth-order valence-electron chi connectivity index (χ4n) is 0.264. The molecule has 0 rings (SSSR count). The molecule has 4 nitrogen and oxygen atoms in total. The Labute approximate surface area is 47.9 Å². The number of rotatable bonds is 1. The van der Waals surface area contributed by atoms with Crippen LogP contribution in [0.1, 0.15) is 6.92 Å². The highest BCUT2D eigenvalue weighted by atomic mass is 15.1. The van der Waals surface area contributed by atoms with Crippen molar-refractivity contribution >= 4 is 12.2 Å². The second-order valence-corrected chi connectivity index (χ2v) is 1.11. The Morgan fingerprint density at radius 3 is 2.62 bits per heavy atom. The third kappa shape index (κ3) is 3.14. The van der Waals surface area contributed by atoms with Crippen molar-refractivity contribution in [3.63, 3.8) is 0 Å². The van der Waals surface area contributed by atoms with E-state index in [2.05, 4.69) is 15.2 Å². The largest absolute Gasteiger partial charge is 0.289 e. The van der Waals surface area contributed by atoms with E-state index in [1.165, 1.54) is 0 Å². The van der Waals surface area contributed by atoms with Gasteiger partial charge in [0.05, 0.1) is 0 Å². The number of hydrogen-bond acceptors (Lipinski definition) is 2. The molecule has 8 heavy (non-hydrogen) atoms. The van der Waals surface area contributed by atoms with Gasteiger partial charge in [0.15, 0.2) is 0 Å². The molecule has 4 heteroatoms. The van der Waals surface area contributed by atoms with Crippen molar-refractivity contribution in [2.75, 3.05) is 7.05 Å². The number of azo groups is 1. The Morgan fingerprint density at radius 2 is 2.25 bits per heavy atom. The Morgan fingerprint density at radius 1 is 1.62 bits per heavy atom. The molecule has 0 aliphatic rings. The average Bonchev–Trinajstić information content (AvgIpc) is 1.68. The summed E-state index contributed by atoms with van der Waals surface area (Å²) in [5.74, 6) is 0.502. The molecule has 0 aromatic heterocycles. The summed E-state index contributed by atoms with van der Waals surface area (Å²) in [6, 6.07) is 0. The summed E-state index contributed by atoms with van der Waals surface area (Å²) in [5.41, 5.74) is 0. The number of amidine groups is 1. The number of nitrogens with one attached hydrogen (secondary N) is 1. The number of aliphatic imine (C=N–C) groups is 1. The highest BCUT2D eigenvalue weighted by Crippen LogP contribution is 1.76. The predicted octanol–water partition coefficient (Wildman–Crippen LogP) is 1.09. The van der Waals surface area contributed by atoms with E-state index in [0.717, 1.165) is 6.34 Å². The molecular weight excluding hydrogens is 104 g/mol. The number of hydrogen-bond donors (Lipinski definition) is 1. The van der Waals surface area contributed by atoms with E-state index in [4.69, 9.17) is 5.41 Å². The van der Waals surface area contributed by atoms with Crippen molar-refractivity contribution in [1.82, 2.24) is 0 Å².